The van der Waals surface area contributed by atoms with Crippen molar-refractivity contribution in [1.29, 1.82) is 0 Å². The number of sulfonamides is 1. The Balaban J connectivity index is 1.93. The summed E-state index contributed by atoms with van der Waals surface area (Å²) in [4.78, 5) is 2.39. The Kier molecular flexibility index (Phi) is 8.33. The zero-order valence-corrected chi connectivity index (χ0v) is 20.2. The molecule has 0 heterocycles. The van der Waals surface area contributed by atoms with E-state index in [-0.39, 0.29) is 18.0 Å². The van der Waals surface area contributed by atoms with Gasteiger partial charge in [0.25, 0.3) is 10.0 Å². The van der Waals surface area contributed by atoms with E-state index in [9.17, 15) is 12.8 Å². The number of aryl methyl sites for hydroxylation is 1. The van der Waals surface area contributed by atoms with Crippen LogP contribution in [0.25, 0.3) is 0 Å². The lowest BCUT2D eigenvalue weighted by atomic mass is 10.1. The molecule has 5 nitrogen and oxygen atoms in total. The highest BCUT2D eigenvalue weighted by Gasteiger charge is 2.25. The van der Waals surface area contributed by atoms with Crippen LogP contribution in [0.15, 0.2) is 77.7 Å². The first kappa shape index (κ1) is 24.6. The van der Waals surface area contributed by atoms with Gasteiger partial charge in [-0.1, -0.05) is 29.8 Å². The molecule has 7 heteroatoms. The Labute approximate surface area is 196 Å². The lowest BCUT2D eigenvalue weighted by molar-refractivity contribution is 0.273. The Morgan fingerprint density at radius 1 is 0.818 bits per heavy atom. The Morgan fingerprint density at radius 2 is 1.39 bits per heavy atom. The lowest BCUT2D eigenvalue weighted by Gasteiger charge is -2.26. The summed E-state index contributed by atoms with van der Waals surface area (Å²) in [6, 6.07) is 21.5. The van der Waals surface area contributed by atoms with Gasteiger partial charge in [-0.25, -0.2) is 12.8 Å². The maximum atomic E-state index is 13.6. The minimum absolute atomic E-state index is 0.0644. The molecule has 0 spiro atoms. The summed E-state index contributed by atoms with van der Waals surface area (Å²) in [5.41, 5.74) is 3.63. The SMILES string of the molecule is CCN(CC)c1ccc(CN(c2ccc(C)cc2)S(=O)(=O)c2ccc(OCCF)cc2)cc1. The summed E-state index contributed by atoms with van der Waals surface area (Å²) in [7, 11) is -3.84. The highest BCUT2D eigenvalue weighted by atomic mass is 32.2. The first-order valence-electron chi connectivity index (χ1n) is 11.1. The molecule has 0 amide bonds. The Bertz CT molecular complexity index is 1110. The summed E-state index contributed by atoms with van der Waals surface area (Å²) < 4.78 is 46.3. The Hall–Kier alpha value is -3.06. The van der Waals surface area contributed by atoms with Crippen molar-refractivity contribution < 1.29 is 17.5 Å². The van der Waals surface area contributed by atoms with Gasteiger partial charge in [-0.2, -0.15) is 0 Å². The molecule has 3 aromatic carbocycles. The number of nitrogens with zero attached hydrogens (tertiary/aromatic N) is 2. The van der Waals surface area contributed by atoms with Gasteiger partial charge < -0.3 is 9.64 Å². The maximum Gasteiger partial charge on any atom is 0.264 e. The predicted octanol–water partition coefficient (Wildman–Crippen LogP) is 5.59. The van der Waals surface area contributed by atoms with Crippen LogP contribution >= 0.6 is 0 Å². The number of hydrogen-bond acceptors (Lipinski definition) is 4. The number of alkyl halides is 1. The van der Waals surface area contributed by atoms with Crippen molar-refractivity contribution in [3.63, 3.8) is 0 Å². The molecule has 0 atom stereocenters. The third-order valence-corrected chi connectivity index (χ3v) is 7.26. The summed E-state index contributed by atoms with van der Waals surface area (Å²) in [5, 5.41) is 0. The molecule has 33 heavy (non-hydrogen) atoms. The van der Waals surface area contributed by atoms with E-state index in [0.29, 0.717) is 11.4 Å². The van der Waals surface area contributed by atoms with E-state index in [1.54, 1.807) is 12.1 Å². The summed E-state index contributed by atoms with van der Waals surface area (Å²) in [6.45, 7) is 7.53. The number of ether oxygens (including phenoxy) is 1. The summed E-state index contributed by atoms with van der Waals surface area (Å²) in [5.74, 6) is 0.431. The van der Waals surface area contributed by atoms with Gasteiger partial charge in [0.05, 0.1) is 17.1 Å². The van der Waals surface area contributed by atoms with Crippen molar-refractivity contribution in [3.05, 3.63) is 83.9 Å². The van der Waals surface area contributed by atoms with Gasteiger partial charge in [0.2, 0.25) is 0 Å². The van der Waals surface area contributed by atoms with Crippen molar-refractivity contribution in [2.24, 2.45) is 0 Å². The van der Waals surface area contributed by atoms with E-state index in [2.05, 4.69) is 18.7 Å². The van der Waals surface area contributed by atoms with Gasteiger partial charge in [0.15, 0.2) is 0 Å². The van der Waals surface area contributed by atoms with Crippen LogP contribution in [0, 0.1) is 6.92 Å². The molecule has 0 bridgehead atoms. The highest BCUT2D eigenvalue weighted by molar-refractivity contribution is 7.92. The quantitative estimate of drug-likeness (QED) is 0.367. The molecule has 0 aliphatic rings. The number of halogens is 1. The van der Waals surface area contributed by atoms with E-state index in [1.165, 1.54) is 16.4 Å². The van der Waals surface area contributed by atoms with Gasteiger partial charge >= 0.3 is 0 Å². The smallest absolute Gasteiger partial charge is 0.264 e. The van der Waals surface area contributed by atoms with Gasteiger partial charge in [0.1, 0.15) is 19.0 Å². The summed E-state index contributed by atoms with van der Waals surface area (Å²) >= 11 is 0. The fraction of sp³-hybridized carbons (Fsp3) is 0.308. The highest BCUT2D eigenvalue weighted by Crippen LogP contribution is 2.28. The second-order valence-corrected chi connectivity index (χ2v) is 9.56. The summed E-state index contributed by atoms with van der Waals surface area (Å²) in [6.07, 6.45) is 0. The van der Waals surface area contributed by atoms with Gasteiger partial charge in [0, 0.05) is 18.8 Å². The molecule has 0 aliphatic carbocycles. The van der Waals surface area contributed by atoms with Crippen LogP contribution in [-0.2, 0) is 16.6 Å². The zero-order chi connectivity index (χ0) is 23.8. The van der Waals surface area contributed by atoms with Crippen molar-refractivity contribution in [2.75, 3.05) is 35.6 Å². The second-order valence-electron chi connectivity index (χ2n) is 7.69. The number of hydrogen-bond donors (Lipinski definition) is 0. The molecule has 0 radical (unpaired) electrons. The molecule has 0 unspecified atom stereocenters. The third kappa shape index (κ3) is 6.05. The third-order valence-electron chi connectivity index (χ3n) is 5.47. The molecule has 0 saturated carbocycles. The molecular formula is C26H31FN2O3S. The zero-order valence-electron chi connectivity index (χ0n) is 19.4. The van der Waals surface area contributed by atoms with Crippen molar-refractivity contribution >= 4 is 21.4 Å². The van der Waals surface area contributed by atoms with E-state index in [1.807, 2.05) is 55.5 Å². The minimum atomic E-state index is -3.84. The normalized spacial score (nSPS) is 11.3. The van der Waals surface area contributed by atoms with Crippen molar-refractivity contribution in [3.8, 4) is 5.75 Å². The number of anilines is 2. The van der Waals surface area contributed by atoms with Crippen LogP contribution in [0.2, 0.25) is 0 Å². The molecule has 0 aliphatic heterocycles. The van der Waals surface area contributed by atoms with Crippen LogP contribution in [0.5, 0.6) is 5.75 Å². The minimum Gasteiger partial charge on any atom is -0.491 e. The van der Waals surface area contributed by atoms with Crippen LogP contribution in [-0.4, -0.2) is 34.8 Å². The number of benzene rings is 3. The fourth-order valence-corrected chi connectivity index (χ4v) is 5.04. The molecule has 176 valence electrons. The monoisotopic (exact) mass is 470 g/mol. The van der Waals surface area contributed by atoms with Crippen LogP contribution in [0.1, 0.15) is 25.0 Å². The molecular weight excluding hydrogens is 439 g/mol. The number of rotatable bonds is 11. The molecule has 0 aromatic heterocycles. The van der Waals surface area contributed by atoms with Crippen LogP contribution < -0.4 is 13.9 Å². The standard InChI is InChI=1S/C26H31FN2O3S/c1-4-28(5-2)23-12-8-22(9-13-23)20-29(24-10-6-21(3)7-11-24)33(30,31)26-16-14-25(15-17-26)32-19-18-27/h6-17H,4-5,18-20H2,1-3H3. The predicted molar refractivity (Wildman–Crippen MR) is 132 cm³/mol. The largest absolute Gasteiger partial charge is 0.491 e. The van der Waals surface area contributed by atoms with Crippen molar-refractivity contribution in [2.45, 2.75) is 32.2 Å². The van der Waals surface area contributed by atoms with Crippen molar-refractivity contribution in [1.82, 2.24) is 0 Å². The first-order chi connectivity index (χ1) is 15.9. The Morgan fingerprint density at radius 3 is 1.94 bits per heavy atom. The van der Waals surface area contributed by atoms with E-state index in [4.69, 9.17) is 4.74 Å². The maximum absolute atomic E-state index is 13.6. The average molecular weight is 471 g/mol. The average Bonchev–Trinajstić information content (AvgIpc) is 2.84. The fourth-order valence-electron chi connectivity index (χ4n) is 3.58. The topological polar surface area (TPSA) is 49.9 Å². The van der Waals surface area contributed by atoms with Gasteiger partial charge in [-0.3, -0.25) is 4.31 Å². The molecule has 3 rings (SSSR count). The van der Waals surface area contributed by atoms with E-state index in [0.717, 1.165) is 29.9 Å². The molecule has 0 saturated heterocycles. The van der Waals surface area contributed by atoms with Gasteiger partial charge in [-0.15, -0.1) is 0 Å². The first-order valence-corrected chi connectivity index (χ1v) is 12.5. The van der Waals surface area contributed by atoms with Crippen LogP contribution in [0.4, 0.5) is 15.8 Å². The molecule has 3 aromatic rings. The van der Waals surface area contributed by atoms with Gasteiger partial charge in [-0.05, 0) is 74.9 Å². The van der Waals surface area contributed by atoms with E-state index >= 15 is 0 Å². The molecule has 0 fully saturated rings. The lowest BCUT2D eigenvalue weighted by Crippen LogP contribution is -2.30. The van der Waals surface area contributed by atoms with Crippen LogP contribution in [0.3, 0.4) is 0 Å². The second kappa shape index (κ2) is 11.2. The molecule has 0 N–H and O–H groups in total. The van der Waals surface area contributed by atoms with E-state index < -0.39 is 16.7 Å².